The summed E-state index contributed by atoms with van der Waals surface area (Å²) in [5, 5.41) is 0.459. The molecule has 0 heterocycles. The molecule has 11 heavy (non-hydrogen) atoms. The van der Waals surface area contributed by atoms with E-state index in [-0.39, 0.29) is 11.0 Å². The van der Waals surface area contributed by atoms with Crippen molar-refractivity contribution in [3.8, 4) is 0 Å². The van der Waals surface area contributed by atoms with E-state index in [0.717, 1.165) is 19.3 Å². The van der Waals surface area contributed by atoms with Crippen LogP contribution in [0.1, 0.15) is 19.3 Å². The Morgan fingerprint density at radius 2 is 2.09 bits per heavy atom. The van der Waals surface area contributed by atoms with Gasteiger partial charge in [0, 0.05) is 19.3 Å². The van der Waals surface area contributed by atoms with Crippen molar-refractivity contribution in [3.05, 3.63) is 11.4 Å². The highest BCUT2D eigenvalue weighted by Crippen LogP contribution is 2.69. The van der Waals surface area contributed by atoms with Gasteiger partial charge in [0.05, 0.1) is 10.7 Å². The average Bonchev–Trinajstić information content (AvgIpc) is 1.83. The third-order valence-electron chi connectivity index (χ3n) is 2.95. The fourth-order valence-corrected chi connectivity index (χ4v) is 2.89. The van der Waals surface area contributed by atoms with Crippen molar-refractivity contribution in [1.82, 2.24) is 0 Å². The summed E-state index contributed by atoms with van der Waals surface area (Å²) in [5.41, 5.74) is -0.161. The number of hydrogen-bond donors (Lipinski definition) is 0. The lowest BCUT2D eigenvalue weighted by atomic mass is 9.38. The van der Waals surface area contributed by atoms with Crippen LogP contribution in [-0.2, 0) is 4.79 Å². The van der Waals surface area contributed by atoms with Gasteiger partial charge in [-0.05, 0) is 0 Å². The standard InChI is InChI=1S/C8H8BrNO/c1-10-8-3-7(4-8,5-8)6(11)2-9/h2-5H2. The highest BCUT2D eigenvalue weighted by atomic mass is 79.9. The Bertz CT molecular complexity index is 246. The Morgan fingerprint density at radius 3 is 2.45 bits per heavy atom. The molecular weight excluding hydrogens is 206 g/mol. The van der Waals surface area contributed by atoms with Crippen LogP contribution in [-0.4, -0.2) is 16.7 Å². The van der Waals surface area contributed by atoms with Crippen LogP contribution < -0.4 is 0 Å². The Labute approximate surface area is 73.9 Å². The fourth-order valence-electron chi connectivity index (χ4n) is 2.29. The number of alkyl halides is 1. The van der Waals surface area contributed by atoms with Crippen LogP contribution in [0, 0.1) is 12.0 Å². The molecule has 0 N–H and O–H groups in total. The van der Waals surface area contributed by atoms with E-state index in [1.807, 2.05) is 0 Å². The molecule has 3 fully saturated rings. The summed E-state index contributed by atoms with van der Waals surface area (Å²) >= 11 is 3.16. The van der Waals surface area contributed by atoms with Crippen LogP contribution >= 0.6 is 15.9 Å². The van der Waals surface area contributed by atoms with E-state index in [1.165, 1.54) is 0 Å². The smallest absolute Gasteiger partial charge is 0.235 e. The van der Waals surface area contributed by atoms with E-state index in [2.05, 4.69) is 20.8 Å². The molecular formula is C8H8BrNO. The molecule has 3 aliphatic carbocycles. The summed E-state index contributed by atoms with van der Waals surface area (Å²) in [4.78, 5) is 14.8. The van der Waals surface area contributed by atoms with Crippen molar-refractivity contribution in [2.24, 2.45) is 5.41 Å². The van der Waals surface area contributed by atoms with E-state index in [9.17, 15) is 4.79 Å². The monoisotopic (exact) mass is 213 g/mol. The molecule has 0 atom stereocenters. The molecule has 0 radical (unpaired) electrons. The lowest BCUT2D eigenvalue weighted by Crippen LogP contribution is -2.68. The Morgan fingerprint density at radius 1 is 1.55 bits per heavy atom. The summed E-state index contributed by atoms with van der Waals surface area (Å²) in [7, 11) is 0. The quantitative estimate of drug-likeness (QED) is 0.507. The summed E-state index contributed by atoms with van der Waals surface area (Å²) in [6.45, 7) is 6.88. The molecule has 0 spiro atoms. The summed E-state index contributed by atoms with van der Waals surface area (Å²) in [5.74, 6) is 0.294. The normalized spacial score (nSPS) is 45.1. The third kappa shape index (κ3) is 0.686. The third-order valence-corrected chi connectivity index (χ3v) is 3.46. The van der Waals surface area contributed by atoms with Crippen molar-refractivity contribution in [2.45, 2.75) is 24.8 Å². The van der Waals surface area contributed by atoms with Crippen molar-refractivity contribution < 1.29 is 4.79 Å². The van der Waals surface area contributed by atoms with Gasteiger partial charge in [-0.1, -0.05) is 15.9 Å². The van der Waals surface area contributed by atoms with Crippen LogP contribution in [0.3, 0.4) is 0 Å². The topological polar surface area (TPSA) is 21.4 Å². The molecule has 2 bridgehead atoms. The summed E-state index contributed by atoms with van der Waals surface area (Å²) in [6, 6.07) is 0. The van der Waals surface area contributed by atoms with Gasteiger partial charge in [-0.15, -0.1) is 0 Å². The highest BCUT2D eigenvalue weighted by Gasteiger charge is 2.77. The van der Waals surface area contributed by atoms with Crippen LogP contribution in [0.25, 0.3) is 4.85 Å². The second-order valence-electron chi connectivity index (χ2n) is 3.70. The maximum atomic E-state index is 11.3. The Hall–Kier alpha value is -0.360. The summed E-state index contributed by atoms with van der Waals surface area (Å²) < 4.78 is 0. The van der Waals surface area contributed by atoms with Crippen LogP contribution in [0.4, 0.5) is 0 Å². The van der Waals surface area contributed by atoms with Crippen molar-refractivity contribution in [1.29, 1.82) is 0 Å². The highest BCUT2D eigenvalue weighted by molar-refractivity contribution is 9.09. The second-order valence-corrected chi connectivity index (χ2v) is 4.26. The zero-order valence-electron chi connectivity index (χ0n) is 6.06. The number of hydrogen-bond acceptors (Lipinski definition) is 1. The SMILES string of the molecule is [C-]#[N+]C12CC(C(=O)CBr)(C1)C2. The van der Waals surface area contributed by atoms with E-state index in [0.29, 0.717) is 11.1 Å². The van der Waals surface area contributed by atoms with E-state index < -0.39 is 0 Å². The molecule has 3 saturated carbocycles. The van der Waals surface area contributed by atoms with Crippen molar-refractivity contribution in [3.63, 3.8) is 0 Å². The molecule has 0 aromatic rings. The van der Waals surface area contributed by atoms with Gasteiger partial charge in [0.25, 0.3) is 0 Å². The Kier molecular flexibility index (Phi) is 1.24. The number of Topliss-reactive ketones (excluding diaryl/α,β-unsaturated/α-hetero) is 1. The first-order chi connectivity index (χ1) is 5.16. The number of carbonyl (C=O) groups excluding carboxylic acids is 1. The van der Waals surface area contributed by atoms with E-state index in [1.54, 1.807) is 0 Å². The van der Waals surface area contributed by atoms with Gasteiger partial charge in [0.15, 0.2) is 0 Å². The molecule has 3 rings (SSSR count). The predicted molar refractivity (Wildman–Crippen MR) is 44.4 cm³/mol. The molecule has 0 aromatic carbocycles. The van der Waals surface area contributed by atoms with Crippen LogP contribution in [0.15, 0.2) is 0 Å². The van der Waals surface area contributed by atoms with Crippen molar-refractivity contribution in [2.75, 3.05) is 5.33 Å². The largest absolute Gasteiger partial charge is 0.310 e. The van der Waals surface area contributed by atoms with Gasteiger partial charge in [-0.3, -0.25) is 4.79 Å². The van der Waals surface area contributed by atoms with Gasteiger partial charge in [0.1, 0.15) is 5.78 Å². The molecule has 0 amide bonds. The first-order valence-electron chi connectivity index (χ1n) is 3.64. The predicted octanol–water partition coefficient (Wildman–Crippen LogP) is 1.79. The first-order valence-corrected chi connectivity index (χ1v) is 4.76. The molecule has 2 nitrogen and oxygen atoms in total. The maximum absolute atomic E-state index is 11.3. The molecule has 0 unspecified atom stereocenters. The van der Waals surface area contributed by atoms with Crippen LogP contribution in [0.2, 0.25) is 0 Å². The van der Waals surface area contributed by atoms with E-state index in [4.69, 9.17) is 6.57 Å². The minimum absolute atomic E-state index is 0.0615. The average molecular weight is 214 g/mol. The van der Waals surface area contributed by atoms with Gasteiger partial charge in [-0.2, -0.15) is 0 Å². The Balaban J connectivity index is 2.05. The molecule has 0 saturated heterocycles. The number of nitrogens with zero attached hydrogens (tertiary/aromatic N) is 1. The molecule has 3 heteroatoms. The molecule has 3 aliphatic rings. The van der Waals surface area contributed by atoms with Crippen molar-refractivity contribution >= 4 is 21.7 Å². The number of halogens is 1. The number of ketones is 1. The lowest BCUT2D eigenvalue weighted by Gasteiger charge is -2.60. The summed E-state index contributed by atoms with van der Waals surface area (Å²) in [6.07, 6.45) is 2.48. The van der Waals surface area contributed by atoms with Gasteiger partial charge >= 0.3 is 0 Å². The number of carbonyl (C=O) groups is 1. The minimum atomic E-state index is -0.0994. The molecule has 0 aromatic heterocycles. The molecule has 0 aliphatic heterocycles. The van der Waals surface area contributed by atoms with Gasteiger partial charge in [-0.25, -0.2) is 6.57 Å². The van der Waals surface area contributed by atoms with Crippen LogP contribution in [0.5, 0.6) is 0 Å². The van der Waals surface area contributed by atoms with E-state index >= 15 is 0 Å². The maximum Gasteiger partial charge on any atom is 0.235 e. The lowest BCUT2D eigenvalue weighted by molar-refractivity contribution is -0.158. The van der Waals surface area contributed by atoms with Gasteiger partial charge in [0.2, 0.25) is 5.54 Å². The van der Waals surface area contributed by atoms with Gasteiger partial charge < -0.3 is 4.85 Å². The number of rotatable bonds is 2. The molecule has 58 valence electrons. The first kappa shape index (κ1) is 7.30. The fraction of sp³-hybridized carbons (Fsp3) is 0.750. The minimum Gasteiger partial charge on any atom is -0.310 e. The second kappa shape index (κ2) is 1.87. The zero-order chi connectivity index (χ0) is 8.11. The zero-order valence-corrected chi connectivity index (χ0v) is 7.65.